The van der Waals surface area contributed by atoms with Crippen molar-refractivity contribution in [2.45, 2.75) is 39.0 Å². The van der Waals surface area contributed by atoms with Crippen molar-refractivity contribution in [3.05, 3.63) is 0 Å². The van der Waals surface area contributed by atoms with Crippen molar-refractivity contribution >= 4 is 23.0 Å². The molecule has 0 unspecified atom stereocenters. The van der Waals surface area contributed by atoms with Crippen LogP contribution < -0.4 is 0 Å². The molecule has 0 atom stereocenters. The summed E-state index contributed by atoms with van der Waals surface area (Å²) in [5, 5.41) is 8.21. The van der Waals surface area contributed by atoms with E-state index in [1.54, 1.807) is 0 Å². The summed E-state index contributed by atoms with van der Waals surface area (Å²) < 4.78 is 0. The molecule has 10 heavy (non-hydrogen) atoms. The van der Waals surface area contributed by atoms with Crippen LogP contribution in [0.15, 0.2) is 0 Å². The lowest BCUT2D eigenvalue weighted by molar-refractivity contribution is -0.137. The van der Waals surface area contributed by atoms with Crippen LogP contribution in [0, 0.1) is 0 Å². The first-order valence-corrected chi connectivity index (χ1v) is 3.49. The topological polar surface area (TPSA) is 37.3 Å². The molecule has 0 amide bonds. The van der Waals surface area contributed by atoms with Gasteiger partial charge in [-0.15, -0.1) is 17.0 Å². The van der Waals surface area contributed by atoms with Gasteiger partial charge in [-0.3, -0.25) is 4.79 Å². The van der Waals surface area contributed by atoms with Gasteiger partial charge in [0.2, 0.25) is 0 Å². The van der Waals surface area contributed by atoms with Gasteiger partial charge in [0.15, 0.2) is 0 Å². The van der Waals surface area contributed by atoms with Gasteiger partial charge in [0.1, 0.15) is 0 Å². The Labute approximate surface area is 72.4 Å². The third-order valence-corrected chi connectivity index (χ3v) is 1.24. The highest BCUT2D eigenvalue weighted by Gasteiger charge is 1.93. The smallest absolute Gasteiger partial charge is 0.303 e. The SMILES string of the molecule is Br.CCCCCCC(=O)O. The Morgan fingerprint density at radius 3 is 2.30 bits per heavy atom. The summed E-state index contributed by atoms with van der Waals surface area (Å²) in [6.45, 7) is 2.11. The maximum Gasteiger partial charge on any atom is 0.303 e. The molecule has 0 aliphatic heterocycles. The highest BCUT2D eigenvalue weighted by Crippen LogP contribution is 2.01. The van der Waals surface area contributed by atoms with E-state index < -0.39 is 5.97 Å². The number of carbonyl (C=O) groups is 1. The van der Waals surface area contributed by atoms with Crippen LogP contribution in [0.3, 0.4) is 0 Å². The molecule has 0 radical (unpaired) electrons. The van der Waals surface area contributed by atoms with Crippen LogP contribution in [0.1, 0.15) is 39.0 Å². The first kappa shape index (κ1) is 12.6. The van der Waals surface area contributed by atoms with Crippen molar-refractivity contribution < 1.29 is 9.90 Å². The molecule has 3 heteroatoms. The molecule has 62 valence electrons. The highest BCUT2D eigenvalue weighted by molar-refractivity contribution is 8.93. The molecule has 0 heterocycles. The van der Waals surface area contributed by atoms with E-state index in [1.165, 1.54) is 6.42 Å². The second-order valence-corrected chi connectivity index (χ2v) is 2.20. The van der Waals surface area contributed by atoms with E-state index in [-0.39, 0.29) is 17.0 Å². The van der Waals surface area contributed by atoms with Crippen LogP contribution in [-0.4, -0.2) is 11.1 Å². The number of aliphatic carboxylic acids is 1. The zero-order chi connectivity index (χ0) is 7.11. The number of halogens is 1. The predicted molar refractivity (Wildman–Crippen MR) is 46.7 cm³/mol. The Kier molecular flexibility index (Phi) is 11.3. The number of hydrogen-bond acceptors (Lipinski definition) is 1. The molecular weight excluding hydrogens is 196 g/mol. The lowest BCUT2D eigenvalue weighted by atomic mass is 10.2. The van der Waals surface area contributed by atoms with E-state index in [2.05, 4.69) is 6.92 Å². The predicted octanol–water partition coefficient (Wildman–Crippen LogP) is 2.62. The monoisotopic (exact) mass is 210 g/mol. The molecule has 0 aliphatic rings. The van der Waals surface area contributed by atoms with Crippen molar-refractivity contribution in [2.75, 3.05) is 0 Å². The van der Waals surface area contributed by atoms with Crippen molar-refractivity contribution in [3.63, 3.8) is 0 Å². The van der Waals surface area contributed by atoms with Gasteiger partial charge in [0.05, 0.1) is 0 Å². The molecule has 2 nitrogen and oxygen atoms in total. The van der Waals surface area contributed by atoms with Gasteiger partial charge < -0.3 is 5.11 Å². The number of rotatable bonds is 5. The summed E-state index contributed by atoms with van der Waals surface area (Å²) in [4.78, 5) is 9.96. The summed E-state index contributed by atoms with van der Waals surface area (Å²) in [7, 11) is 0. The normalized spacial score (nSPS) is 8.50. The fourth-order valence-electron chi connectivity index (χ4n) is 0.703. The van der Waals surface area contributed by atoms with Gasteiger partial charge in [-0.25, -0.2) is 0 Å². The van der Waals surface area contributed by atoms with Gasteiger partial charge in [-0.2, -0.15) is 0 Å². The van der Waals surface area contributed by atoms with E-state index in [0.717, 1.165) is 19.3 Å². The Morgan fingerprint density at radius 2 is 1.90 bits per heavy atom. The van der Waals surface area contributed by atoms with Gasteiger partial charge in [-0.1, -0.05) is 26.2 Å². The number of hydrogen-bond donors (Lipinski definition) is 1. The van der Waals surface area contributed by atoms with Crippen LogP contribution in [0.2, 0.25) is 0 Å². The molecule has 0 fully saturated rings. The summed E-state index contributed by atoms with van der Waals surface area (Å²) in [5.41, 5.74) is 0. The second-order valence-electron chi connectivity index (χ2n) is 2.20. The molecule has 0 aromatic carbocycles. The molecule has 0 aliphatic carbocycles. The minimum atomic E-state index is -0.675. The summed E-state index contributed by atoms with van der Waals surface area (Å²) >= 11 is 0. The Hall–Kier alpha value is -0.0500. The van der Waals surface area contributed by atoms with E-state index in [1.807, 2.05) is 0 Å². The lowest BCUT2D eigenvalue weighted by Gasteiger charge is -1.92. The van der Waals surface area contributed by atoms with Crippen molar-refractivity contribution in [1.29, 1.82) is 0 Å². The maximum atomic E-state index is 9.96. The van der Waals surface area contributed by atoms with Gasteiger partial charge in [0, 0.05) is 6.42 Å². The minimum absolute atomic E-state index is 0. The highest BCUT2D eigenvalue weighted by atomic mass is 79.9. The minimum Gasteiger partial charge on any atom is -0.481 e. The van der Waals surface area contributed by atoms with Crippen LogP contribution in [0.5, 0.6) is 0 Å². The molecule has 0 rings (SSSR count). The molecular formula is C7H15BrO2. The third kappa shape index (κ3) is 10.8. The molecule has 1 N–H and O–H groups in total. The van der Waals surface area contributed by atoms with E-state index in [4.69, 9.17) is 5.11 Å². The van der Waals surface area contributed by atoms with E-state index >= 15 is 0 Å². The average molecular weight is 211 g/mol. The largest absolute Gasteiger partial charge is 0.481 e. The Bertz CT molecular complexity index is 83.7. The van der Waals surface area contributed by atoms with Crippen LogP contribution >= 0.6 is 17.0 Å². The van der Waals surface area contributed by atoms with Gasteiger partial charge in [-0.05, 0) is 6.42 Å². The van der Waals surface area contributed by atoms with E-state index in [0.29, 0.717) is 6.42 Å². The van der Waals surface area contributed by atoms with Crippen molar-refractivity contribution in [2.24, 2.45) is 0 Å². The summed E-state index contributed by atoms with van der Waals surface area (Å²) in [6.07, 6.45) is 4.55. The molecule has 0 saturated carbocycles. The molecule has 0 aromatic heterocycles. The Balaban J connectivity index is 0. The van der Waals surface area contributed by atoms with Crippen LogP contribution in [0.4, 0.5) is 0 Å². The number of carboxylic acids is 1. The third-order valence-electron chi connectivity index (χ3n) is 1.24. The molecule has 0 aromatic rings. The zero-order valence-electron chi connectivity index (χ0n) is 6.30. The molecule has 0 bridgehead atoms. The summed E-state index contributed by atoms with van der Waals surface area (Å²) in [6, 6.07) is 0. The standard InChI is InChI=1S/C7H14O2.BrH/c1-2-3-4-5-6-7(8)9;/h2-6H2,1H3,(H,8,9);1H. The first-order valence-electron chi connectivity index (χ1n) is 3.49. The van der Waals surface area contributed by atoms with Crippen LogP contribution in [0.25, 0.3) is 0 Å². The van der Waals surface area contributed by atoms with E-state index in [9.17, 15) is 4.79 Å². The zero-order valence-corrected chi connectivity index (χ0v) is 8.01. The quantitative estimate of drug-likeness (QED) is 0.709. The maximum absolute atomic E-state index is 9.96. The lowest BCUT2D eigenvalue weighted by Crippen LogP contribution is -1.92. The Morgan fingerprint density at radius 1 is 1.30 bits per heavy atom. The fraction of sp³-hybridized carbons (Fsp3) is 0.857. The summed E-state index contributed by atoms with van der Waals surface area (Å²) in [5.74, 6) is -0.675. The number of unbranched alkanes of at least 4 members (excludes halogenated alkanes) is 3. The van der Waals surface area contributed by atoms with Crippen molar-refractivity contribution in [1.82, 2.24) is 0 Å². The molecule has 0 spiro atoms. The molecule has 0 saturated heterocycles. The van der Waals surface area contributed by atoms with Gasteiger partial charge in [0.25, 0.3) is 0 Å². The van der Waals surface area contributed by atoms with Crippen molar-refractivity contribution in [3.8, 4) is 0 Å². The van der Waals surface area contributed by atoms with Gasteiger partial charge >= 0.3 is 5.97 Å². The number of carboxylic acid groups (broad SMARTS) is 1. The van der Waals surface area contributed by atoms with Crippen LogP contribution in [-0.2, 0) is 4.79 Å². The first-order chi connectivity index (χ1) is 4.27. The second kappa shape index (κ2) is 8.95. The average Bonchev–Trinajstić information content (AvgIpc) is 1.80. The fourth-order valence-corrected chi connectivity index (χ4v) is 0.703.